The van der Waals surface area contributed by atoms with Crippen molar-refractivity contribution in [2.45, 2.75) is 32.7 Å². The van der Waals surface area contributed by atoms with Crippen molar-refractivity contribution in [2.75, 3.05) is 0 Å². The lowest BCUT2D eigenvalue weighted by molar-refractivity contribution is 0.483. The Morgan fingerprint density at radius 1 is 1.44 bits per heavy atom. The van der Waals surface area contributed by atoms with Gasteiger partial charge < -0.3 is 0 Å². The maximum absolute atomic E-state index is 12.4. The van der Waals surface area contributed by atoms with Crippen molar-refractivity contribution in [2.24, 2.45) is 5.92 Å². The molecule has 1 unspecified atom stereocenters. The molecule has 4 nitrogen and oxygen atoms in total. The Balaban J connectivity index is 2.26. The number of rotatable bonds is 0. The molecular weight excluding hydrogens is 294 g/mol. The lowest BCUT2D eigenvalue weighted by Crippen LogP contribution is -2.25. The number of hydrogen-bond acceptors (Lipinski definition) is 3. The first-order valence-corrected chi connectivity index (χ1v) is 6.99. The number of hydrogen-bond donors (Lipinski definition) is 0. The highest BCUT2D eigenvalue weighted by molar-refractivity contribution is 9.10. The second-order valence-electron chi connectivity index (χ2n) is 4.94. The fraction of sp³-hybridized carbons (Fsp3) is 0.462. The van der Waals surface area contributed by atoms with Gasteiger partial charge in [-0.2, -0.15) is 0 Å². The highest BCUT2D eigenvalue weighted by atomic mass is 79.9. The lowest BCUT2D eigenvalue weighted by Gasteiger charge is -2.09. The third kappa shape index (κ3) is 1.96. The van der Waals surface area contributed by atoms with Crippen molar-refractivity contribution in [3.63, 3.8) is 0 Å². The molecule has 2 aromatic rings. The van der Waals surface area contributed by atoms with Gasteiger partial charge in [0.1, 0.15) is 5.82 Å². The lowest BCUT2D eigenvalue weighted by atomic mass is 10.0. The van der Waals surface area contributed by atoms with E-state index in [1.165, 1.54) is 0 Å². The number of aromatic nitrogens is 3. The zero-order chi connectivity index (χ0) is 12.7. The summed E-state index contributed by atoms with van der Waals surface area (Å²) in [6, 6.07) is 1.86. The van der Waals surface area contributed by atoms with Gasteiger partial charge >= 0.3 is 0 Å². The number of halogens is 1. The van der Waals surface area contributed by atoms with Crippen LogP contribution in [0.5, 0.6) is 0 Å². The molecule has 0 bridgehead atoms. The van der Waals surface area contributed by atoms with Crippen LogP contribution in [-0.2, 0) is 13.0 Å². The summed E-state index contributed by atoms with van der Waals surface area (Å²) in [6.45, 7) is 2.99. The van der Waals surface area contributed by atoms with Gasteiger partial charge in [-0.3, -0.25) is 9.36 Å². The molecule has 0 N–H and O–H groups in total. The first kappa shape index (κ1) is 11.8. The first-order chi connectivity index (χ1) is 8.65. The van der Waals surface area contributed by atoms with Crippen molar-refractivity contribution < 1.29 is 0 Å². The van der Waals surface area contributed by atoms with Crippen LogP contribution in [-0.4, -0.2) is 14.5 Å². The molecule has 3 heterocycles. The van der Waals surface area contributed by atoms with Crippen LogP contribution in [0.3, 0.4) is 0 Å². The first-order valence-electron chi connectivity index (χ1n) is 6.20. The maximum Gasteiger partial charge on any atom is 0.280 e. The van der Waals surface area contributed by atoms with Crippen molar-refractivity contribution in [3.05, 3.63) is 32.9 Å². The van der Waals surface area contributed by atoms with Crippen LogP contribution in [0.15, 0.2) is 21.5 Å². The number of fused-ring (bicyclic) bond motifs is 2. The second-order valence-corrected chi connectivity index (χ2v) is 5.85. The van der Waals surface area contributed by atoms with Crippen LogP contribution in [0.25, 0.3) is 11.0 Å². The molecule has 0 aromatic carbocycles. The van der Waals surface area contributed by atoms with Crippen LogP contribution in [0.1, 0.15) is 25.6 Å². The zero-order valence-electron chi connectivity index (χ0n) is 10.2. The fourth-order valence-corrected chi connectivity index (χ4v) is 2.73. The Labute approximate surface area is 113 Å². The molecule has 1 aliphatic heterocycles. The fourth-order valence-electron chi connectivity index (χ4n) is 2.41. The molecule has 0 radical (unpaired) electrons. The second kappa shape index (κ2) is 4.46. The molecule has 1 aliphatic rings. The van der Waals surface area contributed by atoms with Gasteiger partial charge in [0.15, 0.2) is 5.52 Å². The van der Waals surface area contributed by atoms with Gasteiger partial charge in [-0.25, -0.2) is 9.97 Å². The molecule has 1 atom stereocenters. The molecule has 0 saturated heterocycles. The Morgan fingerprint density at radius 3 is 3.11 bits per heavy atom. The Hall–Kier alpha value is -1.23. The van der Waals surface area contributed by atoms with E-state index >= 15 is 0 Å². The summed E-state index contributed by atoms with van der Waals surface area (Å²) >= 11 is 3.37. The van der Waals surface area contributed by atoms with Crippen molar-refractivity contribution in [1.82, 2.24) is 14.5 Å². The monoisotopic (exact) mass is 307 g/mol. The van der Waals surface area contributed by atoms with E-state index in [9.17, 15) is 4.79 Å². The third-order valence-electron chi connectivity index (χ3n) is 3.55. The van der Waals surface area contributed by atoms with E-state index in [2.05, 4.69) is 32.8 Å². The highest BCUT2D eigenvalue weighted by Gasteiger charge is 2.17. The van der Waals surface area contributed by atoms with Gasteiger partial charge in [0, 0.05) is 23.6 Å². The average molecular weight is 308 g/mol. The molecular formula is C13H14BrN3O. The van der Waals surface area contributed by atoms with E-state index in [-0.39, 0.29) is 5.56 Å². The van der Waals surface area contributed by atoms with Gasteiger partial charge in [0.05, 0.1) is 5.52 Å². The molecule has 5 heteroatoms. The summed E-state index contributed by atoms with van der Waals surface area (Å²) in [5.74, 6) is 1.55. The van der Waals surface area contributed by atoms with E-state index < -0.39 is 0 Å². The minimum atomic E-state index is -0.00315. The standard InChI is InChI=1S/C13H14BrN3O/c1-8-2-3-11-16-10-6-9(14)7-15-12(10)13(18)17(11)5-4-8/h6-8H,2-5H2,1H3. The van der Waals surface area contributed by atoms with E-state index in [4.69, 9.17) is 0 Å². The molecule has 18 heavy (non-hydrogen) atoms. The number of aryl methyl sites for hydroxylation is 1. The smallest absolute Gasteiger partial charge is 0.280 e. The van der Waals surface area contributed by atoms with Crippen molar-refractivity contribution >= 4 is 27.0 Å². The molecule has 0 spiro atoms. The third-order valence-corrected chi connectivity index (χ3v) is 3.98. The van der Waals surface area contributed by atoms with Crippen LogP contribution < -0.4 is 5.56 Å². The largest absolute Gasteiger partial charge is 0.295 e. The van der Waals surface area contributed by atoms with E-state index in [0.29, 0.717) is 17.0 Å². The molecule has 94 valence electrons. The normalized spacial score (nSPS) is 19.6. The maximum atomic E-state index is 12.4. The molecule has 0 fully saturated rings. The minimum Gasteiger partial charge on any atom is -0.295 e. The van der Waals surface area contributed by atoms with Crippen LogP contribution in [0, 0.1) is 5.92 Å². The Morgan fingerprint density at radius 2 is 2.28 bits per heavy atom. The van der Waals surface area contributed by atoms with Gasteiger partial charge in [-0.05, 0) is 40.8 Å². The van der Waals surface area contributed by atoms with Crippen LogP contribution >= 0.6 is 15.9 Å². The van der Waals surface area contributed by atoms with Gasteiger partial charge in [0.2, 0.25) is 0 Å². The quantitative estimate of drug-likeness (QED) is 0.751. The van der Waals surface area contributed by atoms with Crippen molar-refractivity contribution in [1.29, 1.82) is 0 Å². The molecule has 0 saturated carbocycles. The topological polar surface area (TPSA) is 47.8 Å². The molecule has 0 amide bonds. The average Bonchev–Trinajstić information content (AvgIpc) is 2.52. The van der Waals surface area contributed by atoms with Crippen molar-refractivity contribution in [3.8, 4) is 0 Å². The van der Waals surface area contributed by atoms with E-state index in [0.717, 1.165) is 36.1 Å². The Kier molecular flexibility index (Phi) is 2.93. The van der Waals surface area contributed by atoms with E-state index in [1.807, 2.05) is 6.07 Å². The molecule has 0 aliphatic carbocycles. The highest BCUT2D eigenvalue weighted by Crippen LogP contribution is 2.19. The van der Waals surface area contributed by atoms with Gasteiger partial charge in [-0.1, -0.05) is 6.92 Å². The van der Waals surface area contributed by atoms with Crippen LogP contribution in [0.4, 0.5) is 0 Å². The number of nitrogens with zero attached hydrogens (tertiary/aromatic N) is 3. The van der Waals surface area contributed by atoms with Gasteiger partial charge in [0.25, 0.3) is 5.56 Å². The molecule has 2 aromatic heterocycles. The summed E-state index contributed by atoms with van der Waals surface area (Å²) in [6.07, 6.45) is 4.66. The summed E-state index contributed by atoms with van der Waals surface area (Å²) < 4.78 is 2.65. The predicted molar refractivity (Wildman–Crippen MR) is 73.6 cm³/mol. The summed E-state index contributed by atoms with van der Waals surface area (Å²) in [7, 11) is 0. The summed E-state index contributed by atoms with van der Waals surface area (Å²) in [5, 5.41) is 0. The molecule has 3 rings (SSSR count). The number of pyridine rings is 1. The summed E-state index contributed by atoms with van der Waals surface area (Å²) in [5.41, 5.74) is 1.16. The van der Waals surface area contributed by atoms with E-state index in [1.54, 1.807) is 10.8 Å². The predicted octanol–water partition coefficient (Wildman–Crippen LogP) is 2.53. The zero-order valence-corrected chi connectivity index (χ0v) is 11.8. The summed E-state index contributed by atoms with van der Waals surface area (Å²) in [4.78, 5) is 21.2. The minimum absolute atomic E-state index is 0.00315. The van der Waals surface area contributed by atoms with Gasteiger partial charge in [-0.15, -0.1) is 0 Å². The SMILES string of the molecule is CC1CCc2nc3cc(Br)cnc3c(=O)n2CC1. The van der Waals surface area contributed by atoms with Crippen LogP contribution in [0.2, 0.25) is 0 Å². The Bertz CT molecular complexity index is 665.